The standard InChI is InChI=1S/C22H23ClF3N5O2/c23-18-11-15(22(24,25)26)13-27-21(18)30-9-7-29(8-10-30)14-19(32)28-16-3-1-4-17(12-16)31-6-2-5-20(31)33/h1,3-4,11-13H,2,5-10,14H2,(H,28,32). The average molecular weight is 482 g/mol. The van der Waals surface area contributed by atoms with Crippen molar-refractivity contribution in [3.63, 3.8) is 0 Å². The summed E-state index contributed by atoms with van der Waals surface area (Å²) in [5.74, 6) is 0.208. The molecule has 33 heavy (non-hydrogen) atoms. The van der Waals surface area contributed by atoms with Gasteiger partial charge in [-0.2, -0.15) is 13.2 Å². The molecule has 1 aromatic heterocycles. The van der Waals surface area contributed by atoms with Crippen LogP contribution in [0.25, 0.3) is 0 Å². The number of aromatic nitrogens is 1. The van der Waals surface area contributed by atoms with Gasteiger partial charge in [0, 0.05) is 56.7 Å². The Morgan fingerprint density at radius 2 is 1.88 bits per heavy atom. The zero-order valence-corrected chi connectivity index (χ0v) is 18.5. The first-order chi connectivity index (χ1) is 15.7. The number of pyridine rings is 1. The number of carbonyl (C=O) groups is 2. The van der Waals surface area contributed by atoms with Gasteiger partial charge in [0.1, 0.15) is 5.82 Å². The van der Waals surface area contributed by atoms with Crippen molar-refractivity contribution in [2.45, 2.75) is 19.0 Å². The number of benzene rings is 1. The van der Waals surface area contributed by atoms with Gasteiger partial charge in [0.15, 0.2) is 0 Å². The van der Waals surface area contributed by atoms with Gasteiger partial charge in [0.25, 0.3) is 0 Å². The fraction of sp³-hybridized carbons (Fsp3) is 0.409. The maximum atomic E-state index is 12.8. The number of rotatable bonds is 5. The zero-order valence-electron chi connectivity index (χ0n) is 17.7. The molecule has 0 saturated carbocycles. The third kappa shape index (κ3) is 5.56. The summed E-state index contributed by atoms with van der Waals surface area (Å²) in [5.41, 5.74) is 0.506. The monoisotopic (exact) mass is 481 g/mol. The highest BCUT2D eigenvalue weighted by atomic mass is 35.5. The van der Waals surface area contributed by atoms with E-state index in [0.717, 1.165) is 24.4 Å². The molecule has 7 nitrogen and oxygen atoms in total. The molecule has 1 aromatic carbocycles. The summed E-state index contributed by atoms with van der Waals surface area (Å²) in [6.45, 7) is 2.90. The van der Waals surface area contributed by atoms with Crippen LogP contribution in [0.2, 0.25) is 5.02 Å². The van der Waals surface area contributed by atoms with E-state index >= 15 is 0 Å². The minimum Gasteiger partial charge on any atom is -0.353 e. The Bertz CT molecular complexity index is 1040. The Labute approximate surface area is 194 Å². The summed E-state index contributed by atoms with van der Waals surface area (Å²) in [4.78, 5) is 33.9. The smallest absolute Gasteiger partial charge is 0.353 e. The van der Waals surface area contributed by atoms with E-state index in [1.165, 1.54) is 0 Å². The quantitative estimate of drug-likeness (QED) is 0.706. The fourth-order valence-corrected chi connectivity index (χ4v) is 4.30. The highest BCUT2D eigenvalue weighted by molar-refractivity contribution is 6.33. The predicted octanol–water partition coefficient (Wildman–Crippen LogP) is 3.64. The lowest BCUT2D eigenvalue weighted by Crippen LogP contribution is -2.49. The van der Waals surface area contributed by atoms with Gasteiger partial charge in [0.2, 0.25) is 11.8 Å². The van der Waals surface area contributed by atoms with E-state index in [2.05, 4.69) is 10.3 Å². The van der Waals surface area contributed by atoms with E-state index in [-0.39, 0.29) is 23.4 Å². The van der Waals surface area contributed by atoms with Crippen LogP contribution in [-0.2, 0) is 15.8 Å². The van der Waals surface area contributed by atoms with Crippen LogP contribution in [0.3, 0.4) is 0 Å². The second-order valence-electron chi connectivity index (χ2n) is 8.04. The minimum atomic E-state index is -4.50. The highest BCUT2D eigenvalue weighted by Crippen LogP contribution is 2.33. The third-order valence-corrected chi connectivity index (χ3v) is 5.98. The summed E-state index contributed by atoms with van der Waals surface area (Å²) in [6, 6.07) is 8.09. The largest absolute Gasteiger partial charge is 0.417 e. The molecule has 0 unspecified atom stereocenters. The van der Waals surface area contributed by atoms with Crippen molar-refractivity contribution in [3.8, 4) is 0 Å². The Hall–Kier alpha value is -2.85. The number of anilines is 3. The van der Waals surface area contributed by atoms with E-state index in [1.807, 2.05) is 15.9 Å². The molecule has 2 fully saturated rings. The first-order valence-corrected chi connectivity index (χ1v) is 11.0. The fourth-order valence-electron chi connectivity index (χ4n) is 4.01. The number of carbonyl (C=O) groups excluding carboxylic acids is 2. The Kier molecular flexibility index (Phi) is 6.76. The minimum absolute atomic E-state index is 0.0487. The Morgan fingerprint density at radius 3 is 2.52 bits per heavy atom. The van der Waals surface area contributed by atoms with Gasteiger partial charge in [-0.3, -0.25) is 14.5 Å². The lowest BCUT2D eigenvalue weighted by molar-refractivity contribution is -0.137. The maximum Gasteiger partial charge on any atom is 0.417 e. The lowest BCUT2D eigenvalue weighted by atomic mass is 10.2. The van der Waals surface area contributed by atoms with Crippen molar-refractivity contribution in [1.82, 2.24) is 9.88 Å². The number of nitrogens with zero attached hydrogens (tertiary/aromatic N) is 4. The van der Waals surface area contributed by atoms with Crippen LogP contribution >= 0.6 is 11.6 Å². The molecule has 0 aliphatic carbocycles. The zero-order chi connectivity index (χ0) is 23.6. The first kappa shape index (κ1) is 23.3. The van der Waals surface area contributed by atoms with E-state index < -0.39 is 11.7 Å². The average Bonchev–Trinajstić information content (AvgIpc) is 3.20. The van der Waals surface area contributed by atoms with Gasteiger partial charge in [-0.15, -0.1) is 0 Å². The topological polar surface area (TPSA) is 68.8 Å². The molecular formula is C22H23ClF3N5O2. The van der Waals surface area contributed by atoms with Gasteiger partial charge in [-0.25, -0.2) is 4.98 Å². The van der Waals surface area contributed by atoms with Crippen LogP contribution < -0.4 is 15.1 Å². The molecule has 0 bridgehead atoms. The summed E-state index contributed by atoms with van der Waals surface area (Å²) >= 11 is 6.04. The number of amides is 2. The molecule has 2 aliphatic heterocycles. The van der Waals surface area contributed by atoms with Gasteiger partial charge in [-0.05, 0) is 30.7 Å². The predicted molar refractivity (Wildman–Crippen MR) is 120 cm³/mol. The van der Waals surface area contributed by atoms with E-state index in [0.29, 0.717) is 50.6 Å². The van der Waals surface area contributed by atoms with E-state index in [4.69, 9.17) is 11.6 Å². The highest BCUT2D eigenvalue weighted by Gasteiger charge is 2.32. The molecule has 1 N–H and O–H groups in total. The molecule has 3 heterocycles. The van der Waals surface area contributed by atoms with Gasteiger partial charge in [-0.1, -0.05) is 17.7 Å². The van der Waals surface area contributed by atoms with Crippen LogP contribution in [0.4, 0.5) is 30.4 Å². The Balaban J connectivity index is 1.30. The number of halogens is 4. The van der Waals surface area contributed by atoms with Crippen molar-refractivity contribution < 1.29 is 22.8 Å². The molecule has 2 saturated heterocycles. The molecule has 176 valence electrons. The summed E-state index contributed by atoms with van der Waals surface area (Å²) in [6.07, 6.45) is -2.35. The summed E-state index contributed by atoms with van der Waals surface area (Å²) in [5, 5.41) is 2.82. The number of hydrogen-bond acceptors (Lipinski definition) is 5. The van der Waals surface area contributed by atoms with E-state index in [1.54, 1.807) is 23.1 Å². The van der Waals surface area contributed by atoms with Gasteiger partial charge in [0.05, 0.1) is 17.1 Å². The summed E-state index contributed by atoms with van der Waals surface area (Å²) < 4.78 is 38.4. The first-order valence-electron chi connectivity index (χ1n) is 10.6. The normalized spacial score (nSPS) is 17.5. The number of hydrogen-bond donors (Lipinski definition) is 1. The van der Waals surface area contributed by atoms with Crippen LogP contribution in [0.5, 0.6) is 0 Å². The van der Waals surface area contributed by atoms with Crippen LogP contribution in [0.1, 0.15) is 18.4 Å². The molecular weight excluding hydrogens is 459 g/mol. The van der Waals surface area contributed by atoms with Crippen LogP contribution in [0, 0.1) is 0 Å². The van der Waals surface area contributed by atoms with Crippen molar-refractivity contribution in [2.75, 3.05) is 54.4 Å². The second-order valence-corrected chi connectivity index (χ2v) is 8.45. The molecule has 11 heteroatoms. The van der Waals surface area contributed by atoms with Gasteiger partial charge >= 0.3 is 6.18 Å². The van der Waals surface area contributed by atoms with Crippen molar-refractivity contribution >= 4 is 40.6 Å². The summed E-state index contributed by atoms with van der Waals surface area (Å²) in [7, 11) is 0. The molecule has 2 aliphatic rings. The van der Waals surface area contributed by atoms with Crippen LogP contribution in [-0.4, -0.2) is 61.0 Å². The third-order valence-electron chi connectivity index (χ3n) is 5.70. The van der Waals surface area contributed by atoms with Crippen molar-refractivity contribution in [3.05, 3.63) is 47.1 Å². The molecule has 0 spiro atoms. The van der Waals surface area contributed by atoms with Crippen molar-refractivity contribution in [1.29, 1.82) is 0 Å². The lowest BCUT2D eigenvalue weighted by Gasteiger charge is -2.35. The number of alkyl halides is 3. The Morgan fingerprint density at radius 1 is 1.12 bits per heavy atom. The molecule has 2 aromatic rings. The van der Waals surface area contributed by atoms with Crippen LogP contribution in [0.15, 0.2) is 36.5 Å². The second kappa shape index (κ2) is 9.56. The van der Waals surface area contributed by atoms with Gasteiger partial charge < -0.3 is 15.1 Å². The molecule has 0 radical (unpaired) electrons. The van der Waals surface area contributed by atoms with Crippen molar-refractivity contribution in [2.24, 2.45) is 0 Å². The molecule has 4 rings (SSSR count). The van der Waals surface area contributed by atoms with E-state index in [9.17, 15) is 22.8 Å². The molecule has 2 amide bonds. The maximum absolute atomic E-state index is 12.8. The molecule has 0 atom stereocenters. The number of piperazine rings is 1. The number of nitrogens with one attached hydrogen (secondary N) is 1. The SMILES string of the molecule is O=C(CN1CCN(c2ncc(C(F)(F)F)cc2Cl)CC1)Nc1cccc(N2CCCC2=O)c1.